The van der Waals surface area contributed by atoms with Crippen molar-refractivity contribution in [1.29, 1.82) is 0 Å². The number of nitrogens with two attached hydrogens (primary N) is 1. The fourth-order valence-electron chi connectivity index (χ4n) is 2.47. The summed E-state index contributed by atoms with van der Waals surface area (Å²) in [7, 11) is 1.61. The average Bonchev–Trinajstić information content (AvgIpc) is 2.75. The molecule has 0 aromatic heterocycles. The minimum absolute atomic E-state index is 0. The Labute approximate surface area is 120 Å². The van der Waals surface area contributed by atoms with Crippen LogP contribution in [0.2, 0.25) is 0 Å². The van der Waals surface area contributed by atoms with E-state index in [1.165, 1.54) is 0 Å². The zero-order valence-electron chi connectivity index (χ0n) is 11.1. The van der Waals surface area contributed by atoms with E-state index in [0.29, 0.717) is 12.3 Å². The van der Waals surface area contributed by atoms with E-state index in [-0.39, 0.29) is 24.4 Å². The summed E-state index contributed by atoms with van der Waals surface area (Å²) >= 11 is 0. The minimum atomic E-state index is 0. The van der Waals surface area contributed by atoms with Crippen LogP contribution in [0.3, 0.4) is 0 Å². The Hall–Kier alpha value is -1.26. The second kappa shape index (κ2) is 7.36. The van der Waals surface area contributed by atoms with Gasteiger partial charge in [0.05, 0.1) is 7.11 Å². The molecule has 1 aliphatic carbocycles. The molecular weight excluding hydrogens is 264 g/mol. The molecule has 0 saturated heterocycles. The highest BCUT2D eigenvalue weighted by molar-refractivity contribution is 5.91. The standard InChI is InChI=1S/C14H20N2O2.ClH/c1-18-12-6-3-5-11(9-12)16-14(17)8-10-4-2-7-13(10)15;/h3,5-6,9-10,13H,2,4,7-8,15H2,1H3,(H,16,17);1H/t10-,13+;/m0./s1. The molecule has 0 heterocycles. The Kier molecular flexibility index (Phi) is 6.12. The van der Waals surface area contributed by atoms with Crippen LogP contribution in [0.1, 0.15) is 25.7 Å². The molecule has 1 amide bonds. The zero-order chi connectivity index (χ0) is 13.0. The molecule has 1 fully saturated rings. The van der Waals surface area contributed by atoms with E-state index >= 15 is 0 Å². The highest BCUT2D eigenvalue weighted by atomic mass is 35.5. The lowest BCUT2D eigenvalue weighted by atomic mass is 10.00. The lowest BCUT2D eigenvalue weighted by Crippen LogP contribution is -2.28. The normalized spacial score (nSPS) is 21.6. The third-order valence-corrected chi connectivity index (χ3v) is 3.52. The van der Waals surface area contributed by atoms with Gasteiger partial charge in [0.25, 0.3) is 0 Å². The summed E-state index contributed by atoms with van der Waals surface area (Å²) in [5.41, 5.74) is 6.74. The fraction of sp³-hybridized carbons (Fsp3) is 0.500. The van der Waals surface area contributed by atoms with Crippen molar-refractivity contribution in [3.05, 3.63) is 24.3 Å². The molecule has 19 heavy (non-hydrogen) atoms. The first-order valence-corrected chi connectivity index (χ1v) is 6.38. The Bertz CT molecular complexity index is 426. The maximum absolute atomic E-state index is 11.9. The minimum Gasteiger partial charge on any atom is -0.497 e. The lowest BCUT2D eigenvalue weighted by Gasteiger charge is -2.14. The summed E-state index contributed by atoms with van der Waals surface area (Å²) < 4.78 is 5.12. The molecule has 0 spiro atoms. The van der Waals surface area contributed by atoms with Gasteiger partial charge >= 0.3 is 0 Å². The first-order chi connectivity index (χ1) is 8.69. The van der Waals surface area contributed by atoms with Crippen molar-refractivity contribution in [2.24, 2.45) is 11.7 Å². The first kappa shape index (κ1) is 15.8. The largest absolute Gasteiger partial charge is 0.497 e. The number of amides is 1. The molecule has 1 aromatic carbocycles. The van der Waals surface area contributed by atoms with Crippen LogP contribution in [0, 0.1) is 5.92 Å². The smallest absolute Gasteiger partial charge is 0.224 e. The van der Waals surface area contributed by atoms with Crippen molar-refractivity contribution in [3.8, 4) is 5.75 Å². The number of carbonyl (C=O) groups excluding carboxylic acids is 1. The molecule has 4 nitrogen and oxygen atoms in total. The van der Waals surface area contributed by atoms with Crippen molar-refractivity contribution in [2.45, 2.75) is 31.7 Å². The van der Waals surface area contributed by atoms with Crippen molar-refractivity contribution >= 4 is 24.0 Å². The van der Waals surface area contributed by atoms with Gasteiger partial charge in [0.2, 0.25) is 5.91 Å². The summed E-state index contributed by atoms with van der Waals surface area (Å²) in [6.07, 6.45) is 3.75. The van der Waals surface area contributed by atoms with Crippen LogP contribution in [0.4, 0.5) is 5.69 Å². The average molecular weight is 285 g/mol. The third-order valence-electron chi connectivity index (χ3n) is 3.52. The summed E-state index contributed by atoms with van der Waals surface area (Å²) in [6, 6.07) is 7.56. The maximum Gasteiger partial charge on any atom is 0.224 e. The number of benzene rings is 1. The molecule has 0 aliphatic heterocycles. The van der Waals surface area contributed by atoms with Gasteiger partial charge < -0.3 is 15.8 Å². The molecule has 5 heteroatoms. The van der Waals surface area contributed by atoms with Crippen LogP contribution >= 0.6 is 12.4 Å². The SMILES string of the molecule is COc1cccc(NC(=O)C[C@@H]2CCC[C@H]2N)c1.Cl. The van der Waals surface area contributed by atoms with Gasteiger partial charge in [-0.2, -0.15) is 0 Å². The van der Waals surface area contributed by atoms with Crippen molar-refractivity contribution in [3.63, 3.8) is 0 Å². The quantitative estimate of drug-likeness (QED) is 0.893. The van der Waals surface area contributed by atoms with Crippen LogP contribution in [0.25, 0.3) is 0 Å². The van der Waals surface area contributed by atoms with Gasteiger partial charge in [0.15, 0.2) is 0 Å². The molecular formula is C14H21ClN2O2. The second-order valence-electron chi connectivity index (χ2n) is 4.84. The molecule has 2 rings (SSSR count). The van der Waals surface area contributed by atoms with E-state index in [9.17, 15) is 4.79 Å². The number of halogens is 1. The lowest BCUT2D eigenvalue weighted by molar-refractivity contribution is -0.117. The number of nitrogens with one attached hydrogen (secondary N) is 1. The Morgan fingerprint density at radius 2 is 2.26 bits per heavy atom. The van der Waals surface area contributed by atoms with E-state index < -0.39 is 0 Å². The molecule has 1 aromatic rings. The Balaban J connectivity index is 0.00000180. The Morgan fingerprint density at radius 3 is 2.89 bits per heavy atom. The van der Waals surface area contributed by atoms with E-state index in [0.717, 1.165) is 30.7 Å². The van der Waals surface area contributed by atoms with E-state index in [1.54, 1.807) is 7.11 Å². The molecule has 1 saturated carbocycles. The predicted molar refractivity (Wildman–Crippen MR) is 78.8 cm³/mol. The number of ether oxygens (including phenoxy) is 1. The van der Waals surface area contributed by atoms with Gasteiger partial charge in [-0.15, -0.1) is 12.4 Å². The highest BCUT2D eigenvalue weighted by Crippen LogP contribution is 2.27. The molecule has 0 radical (unpaired) electrons. The summed E-state index contributed by atoms with van der Waals surface area (Å²) in [5, 5.41) is 2.89. The van der Waals surface area contributed by atoms with Crippen molar-refractivity contribution < 1.29 is 9.53 Å². The second-order valence-corrected chi connectivity index (χ2v) is 4.84. The summed E-state index contributed by atoms with van der Waals surface area (Å²) in [4.78, 5) is 11.9. The van der Waals surface area contributed by atoms with Gasteiger partial charge in [-0.1, -0.05) is 12.5 Å². The topological polar surface area (TPSA) is 64.3 Å². The number of carbonyl (C=O) groups is 1. The summed E-state index contributed by atoms with van der Waals surface area (Å²) in [5.74, 6) is 1.10. The molecule has 0 unspecified atom stereocenters. The van der Waals surface area contributed by atoms with Crippen LogP contribution in [0.15, 0.2) is 24.3 Å². The van der Waals surface area contributed by atoms with Crippen LogP contribution in [-0.2, 0) is 4.79 Å². The Morgan fingerprint density at radius 1 is 1.47 bits per heavy atom. The number of rotatable bonds is 4. The van der Waals surface area contributed by atoms with Gasteiger partial charge in [0.1, 0.15) is 5.75 Å². The number of anilines is 1. The molecule has 3 N–H and O–H groups in total. The van der Waals surface area contributed by atoms with Gasteiger partial charge in [-0.25, -0.2) is 0 Å². The van der Waals surface area contributed by atoms with Crippen molar-refractivity contribution in [2.75, 3.05) is 12.4 Å². The summed E-state index contributed by atoms with van der Waals surface area (Å²) in [6.45, 7) is 0. The highest BCUT2D eigenvalue weighted by Gasteiger charge is 2.25. The van der Waals surface area contributed by atoms with Crippen LogP contribution in [0.5, 0.6) is 5.75 Å². The van der Waals surface area contributed by atoms with Crippen LogP contribution in [-0.4, -0.2) is 19.1 Å². The fourth-order valence-corrected chi connectivity index (χ4v) is 2.47. The monoisotopic (exact) mass is 284 g/mol. The zero-order valence-corrected chi connectivity index (χ0v) is 11.9. The maximum atomic E-state index is 11.9. The van der Waals surface area contributed by atoms with E-state index in [1.807, 2.05) is 24.3 Å². The van der Waals surface area contributed by atoms with Gasteiger partial charge in [-0.3, -0.25) is 4.79 Å². The molecule has 106 valence electrons. The van der Waals surface area contributed by atoms with Gasteiger partial charge in [-0.05, 0) is 30.9 Å². The van der Waals surface area contributed by atoms with E-state index in [2.05, 4.69) is 5.32 Å². The predicted octanol–water partition coefficient (Wildman–Crippen LogP) is 2.57. The van der Waals surface area contributed by atoms with Gasteiger partial charge in [0, 0.05) is 24.2 Å². The third kappa shape index (κ3) is 4.40. The van der Waals surface area contributed by atoms with Crippen molar-refractivity contribution in [1.82, 2.24) is 0 Å². The molecule has 0 bridgehead atoms. The molecule has 1 aliphatic rings. The number of hydrogen-bond acceptors (Lipinski definition) is 3. The first-order valence-electron chi connectivity index (χ1n) is 6.38. The number of methoxy groups -OCH3 is 1. The van der Waals surface area contributed by atoms with Crippen LogP contribution < -0.4 is 15.8 Å². The molecule has 2 atom stereocenters. The van der Waals surface area contributed by atoms with E-state index in [4.69, 9.17) is 10.5 Å². The number of hydrogen-bond donors (Lipinski definition) is 2.